The molecule has 6 aromatic carbocycles. The summed E-state index contributed by atoms with van der Waals surface area (Å²) in [5, 5.41) is 23.5. The monoisotopic (exact) mass is 740 g/mol. The molecule has 6 atom stereocenters. The van der Waals surface area contributed by atoms with Gasteiger partial charge < -0.3 is 20.0 Å². The van der Waals surface area contributed by atoms with Gasteiger partial charge in [-0.3, -0.25) is 9.80 Å². The van der Waals surface area contributed by atoms with Gasteiger partial charge in [-0.1, -0.05) is 158 Å². The second-order valence-electron chi connectivity index (χ2n) is 15.8. The Bertz CT molecular complexity index is 2000. The molecule has 2 N–H and O–H groups in total. The average molecular weight is 741 g/mol. The third-order valence-corrected chi connectivity index (χ3v) is 12.3. The number of hydrogen-bond acceptors (Lipinski definition) is 6. The molecule has 9 rings (SSSR count). The van der Waals surface area contributed by atoms with Gasteiger partial charge in [0.05, 0.1) is 24.3 Å². The van der Waals surface area contributed by atoms with Crippen LogP contribution < -0.4 is 9.80 Å². The van der Waals surface area contributed by atoms with Crippen molar-refractivity contribution in [2.45, 2.75) is 36.1 Å². The Balaban J connectivity index is 0.852. The molecule has 0 bridgehead atoms. The Labute approximate surface area is 331 Å². The van der Waals surface area contributed by atoms with Crippen LogP contribution in [-0.4, -0.2) is 84.6 Å². The van der Waals surface area contributed by atoms with E-state index >= 15 is 0 Å². The Morgan fingerprint density at radius 1 is 0.375 bits per heavy atom. The van der Waals surface area contributed by atoms with Crippen LogP contribution in [0.2, 0.25) is 0 Å². The van der Waals surface area contributed by atoms with E-state index in [1.165, 1.54) is 44.8 Å². The van der Waals surface area contributed by atoms with Crippen LogP contribution in [0.25, 0.3) is 0 Å². The topological polar surface area (TPSA) is 53.4 Å². The fourth-order valence-corrected chi connectivity index (χ4v) is 9.86. The molecule has 3 heterocycles. The smallest absolute Gasteiger partial charge is 0.0841 e. The van der Waals surface area contributed by atoms with Crippen LogP contribution in [0.1, 0.15) is 57.3 Å². The number of aliphatic hydroxyl groups excluding tert-OH is 2. The molecule has 0 radical (unpaired) electrons. The lowest BCUT2D eigenvalue weighted by Gasteiger charge is -2.39. The molecule has 1 fully saturated rings. The van der Waals surface area contributed by atoms with Crippen molar-refractivity contribution in [2.24, 2.45) is 0 Å². The number of benzene rings is 6. The van der Waals surface area contributed by atoms with Crippen LogP contribution in [0.15, 0.2) is 170 Å². The van der Waals surface area contributed by atoms with Crippen molar-refractivity contribution in [3.8, 4) is 0 Å². The summed E-state index contributed by atoms with van der Waals surface area (Å²) in [5.74, 6) is 0.358. The highest BCUT2D eigenvalue weighted by atomic mass is 16.3. The number of β-amino-alcohol motifs (C(OH)–C–C–N with tert-alkyl or cyclic N) is 2. The quantitative estimate of drug-likeness (QED) is 0.132. The summed E-state index contributed by atoms with van der Waals surface area (Å²) in [6.45, 7) is 5.82. The Morgan fingerprint density at radius 3 is 1.04 bits per heavy atom. The van der Waals surface area contributed by atoms with E-state index in [2.05, 4.69) is 189 Å². The Hall–Kier alpha value is -5.24. The third-order valence-electron chi connectivity index (χ3n) is 12.3. The molecule has 0 saturated carbocycles. The zero-order chi connectivity index (χ0) is 37.8. The van der Waals surface area contributed by atoms with Crippen LogP contribution in [0, 0.1) is 0 Å². The van der Waals surface area contributed by atoms with Crippen molar-refractivity contribution in [3.05, 3.63) is 203 Å². The second-order valence-corrected chi connectivity index (χ2v) is 15.8. The molecule has 0 amide bonds. The number of piperazine rings is 1. The van der Waals surface area contributed by atoms with Crippen molar-refractivity contribution in [2.75, 3.05) is 62.2 Å². The Kier molecular flexibility index (Phi) is 10.7. The van der Waals surface area contributed by atoms with Crippen LogP contribution >= 0.6 is 0 Å². The van der Waals surface area contributed by atoms with Gasteiger partial charge in [0.25, 0.3) is 0 Å². The maximum absolute atomic E-state index is 11.7. The number of aliphatic hydroxyl groups is 2. The van der Waals surface area contributed by atoms with Crippen molar-refractivity contribution >= 4 is 11.4 Å². The predicted octanol–water partition coefficient (Wildman–Crippen LogP) is 8.11. The van der Waals surface area contributed by atoms with E-state index in [-0.39, 0.29) is 23.9 Å². The van der Waals surface area contributed by atoms with Gasteiger partial charge in [-0.05, 0) is 45.5 Å². The minimum absolute atomic E-state index is 0.0935. The molecular formula is C50H52N4O2. The summed E-state index contributed by atoms with van der Waals surface area (Å²) in [6.07, 6.45) is -1.02. The van der Waals surface area contributed by atoms with Crippen molar-refractivity contribution in [3.63, 3.8) is 0 Å². The first-order valence-corrected chi connectivity index (χ1v) is 20.3. The summed E-state index contributed by atoms with van der Waals surface area (Å²) >= 11 is 0. The zero-order valence-corrected chi connectivity index (χ0v) is 32.0. The predicted molar refractivity (Wildman–Crippen MR) is 227 cm³/mol. The highest BCUT2D eigenvalue weighted by Gasteiger charge is 2.42. The highest BCUT2D eigenvalue weighted by Crippen LogP contribution is 2.53. The summed E-state index contributed by atoms with van der Waals surface area (Å²) in [5.41, 5.74) is 10.2. The standard InChI is InChI=1S/C50H52N4O2/c55-41(35-53-45-27-15-13-25-43(45)47(37-17-5-1-6-18-37)49(53)39-21-9-3-10-22-39)33-51-29-31-52(32-30-51)34-42(56)36-54-46-28-16-14-26-44(46)48(38-19-7-2-8-20-38)50(54)40-23-11-4-12-24-40/h1-28,41-42,47-50,55-56H,29-36H2/t41-,42+,47-,48+,49-,50+. The number of anilines is 2. The fourth-order valence-electron chi connectivity index (χ4n) is 9.86. The first-order chi connectivity index (χ1) is 27.6. The fraction of sp³-hybridized carbons (Fsp3) is 0.280. The van der Waals surface area contributed by atoms with E-state index in [4.69, 9.17) is 0 Å². The van der Waals surface area contributed by atoms with Crippen LogP contribution in [0.5, 0.6) is 0 Å². The van der Waals surface area contributed by atoms with Gasteiger partial charge in [0.15, 0.2) is 0 Å². The van der Waals surface area contributed by atoms with E-state index in [9.17, 15) is 10.2 Å². The molecule has 284 valence electrons. The lowest BCUT2D eigenvalue weighted by molar-refractivity contribution is 0.0512. The summed E-state index contributed by atoms with van der Waals surface area (Å²) in [7, 11) is 0. The zero-order valence-electron chi connectivity index (χ0n) is 32.0. The van der Waals surface area contributed by atoms with Gasteiger partial charge in [-0.2, -0.15) is 0 Å². The van der Waals surface area contributed by atoms with Gasteiger partial charge in [0, 0.05) is 75.6 Å². The normalized spacial score (nSPS) is 22.1. The lowest BCUT2D eigenvalue weighted by Crippen LogP contribution is -2.52. The number of nitrogens with zero attached hydrogens (tertiary/aromatic N) is 4. The van der Waals surface area contributed by atoms with E-state index in [0.717, 1.165) is 26.2 Å². The van der Waals surface area contributed by atoms with E-state index in [1.807, 2.05) is 0 Å². The molecule has 0 aromatic heterocycles. The first-order valence-electron chi connectivity index (χ1n) is 20.3. The molecule has 6 heteroatoms. The lowest BCUT2D eigenvalue weighted by atomic mass is 9.84. The van der Waals surface area contributed by atoms with E-state index < -0.39 is 12.2 Å². The summed E-state index contributed by atoms with van der Waals surface area (Å²) < 4.78 is 0. The van der Waals surface area contributed by atoms with Crippen molar-refractivity contribution < 1.29 is 10.2 Å². The van der Waals surface area contributed by atoms with Gasteiger partial charge in [-0.15, -0.1) is 0 Å². The molecule has 6 aromatic rings. The molecule has 1 saturated heterocycles. The Morgan fingerprint density at radius 2 is 0.679 bits per heavy atom. The summed E-state index contributed by atoms with van der Waals surface area (Å²) in [4.78, 5) is 9.69. The second kappa shape index (κ2) is 16.5. The third kappa shape index (κ3) is 7.38. The van der Waals surface area contributed by atoms with Crippen molar-refractivity contribution in [1.29, 1.82) is 0 Å². The van der Waals surface area contributed by atoms with Gasteiger partial charge >= 0.3 is 0 Å². The summed E-state index contributed by atoms with van der Waals surface area (Å²) in [6, 6.07) is 60.8. The van der Waals surface area contributed by atoms with Crippen LogP contribution in [0.4, 0.5) is 11.4 Å². The molecule has 3 aliphatic rings. The van der Waals surface area contributed by atoms with E-state index in [1.54, 1.807) is 0 Å². The highest BCUT2D eigenvalue weighted by molar-refractivity contribution is 5.67. The van der Waals surface area contributed by atoms with Gasteiger partial charge in [0.1, 0.15) is 0 Å². The maximum atomic E-state index is 11.7. The molecule has 0 spiro atoms. The molecule has 0 unspecified atom stereocenters. The molecule has 0 aliphatic carbocycles. The van der Waals surface area contributed by atoms with Gasteiger partial charge in [0.2, 0.25) is 0 Å². The van der Waals surface area contributed by atoms with Crippen LogP contribution in [-0.2, 0) is 0 Å². The largest absolute Gasteiger partial charge is 0.390 e. The van der Waals surface area contributed by atoms with Gasteiger partial charge in [-0.25, -0.2) is 0 Å². The maximum Gasteiger partial charge on any atom is 0.0841 e. The SMILES string of the molecule is O[C@H](CN1CCN(C[C@H](O)CN2c3ccccc3[C@H](c3ccccc3)[C@@H]2c2ccccc2)CC1)CN1c2ccccc2[C@@H](c2ccccc2)[C@H]1c1ccccc1. The van der Waals surface area contributed by atoms with Crippen molar-refractivity contribution in [1.82, 2.24) is 9.80 Å². The van der Waals surface area contributed by atoms with E-state index in [0.29, 0.717) is 26.2 Å². The van der Waals surface area contributed by atoms with Crippen LogP contribution in [0.3, 0.4) is 0 Å². The number of para-hydroxylation sites is 2. The minimum atomic E-state index is -0.511. The number of fused-ring (bicyclic) bond motifs is 2. The number of hydrogen-bond donors (Lipinski definition) is 2. The number of rotatable bonds is 12. The minimum Gasteiger partial charge on any atom is -0.390 e. The first kappa shape index (κ1) is 36.4. The molecule has 56 heavy (non-hydrogen) atoms. The molecular weight excluding hydrogens is 689 g/mol. The molecule has 6 nitrogen and oxygen atoms in total. The molecule has 3 aliphatic heterocycles. The average Bonchev–Trinajstić information content (AvgIpc) is 3.75.